The number of nitrogens with zero attached hydrogens (tertiary/aromatic N) is 4. The summed E-state index contributed by atoms with van der Waals surface area (Å²) in [5.41, 5.74) is 14.3. The molecule has 2 aliphatic heterocycles. The number of aliphatic imine (C=N–C) groups is 1. The van der Waals surface area contributed by atoms with E-state index >= 15 is 0 Å². The molecule has 0 spiro atoms. The molecule has 0 fully saturated rings. The topological polar surface area (TPSA) is 25.5 Å². The maximum absolute atomic E-state index is 5.64. The monoisotopic (exact) mass is 784 g/mol. The first-order valence-electron chi connectivity index (χ1n) is 20.6. The van der Waals surface area contributed by atoms with Crippen molar-refractivity contribution in [3.8, 4) is 27.9 Å². The molecule has 5 heteroatoms. The molecule has 282 valence electrons. The molecule has 0 saturated heterocycles. The molecular formula is C55H36N4S. The highest BCUT2D eigenvalue weighted by Crippen LogP contribution is 2.50. The second-order valence-electron chi connectivity index (χ2n) is 16.0. The molecule has 8 aromatic carbocycles. The van der Waals surface area contributed by atoms with Gasteiger partial charge in [0.2, 0.25) is 5.96 Å². The van der Waals surface area contributed by atoms with Crippen molar-refractivity contribution in [3.05, 3.63) is 210 Å². The van der Waals surface area contributed by atoms with Gasteiger partial charge in [0.25, 0.3) is 0 Å². The van der Waals surface area contributed by atoms with Crippen LogP contribution in [-0.4, -0.2) is 33.1 Å². The predicted octanol–water partition coefficient (Wildman–Crippen LogP) is 13.9. The fraction of sp³-hybridized carbons (Fsp3) is 0.0364. The van der Waals surface area contributed by atoms with Crippen molar-refractivity contribution in [2.75, 3.05) is 7.05 Å². The molecule has 60 heavy (non-hydrogen) atoms. The second kappa shape index (κ2) is 12.8. The van der Waals surface area contributed by atoms with Crippen LogP contribution in [0, 0.1) is 0 Å². The summed E-state index contributed by atoms with van der Waals surface area (Å²) in [6.07, 6.45) is 6.78. The van der Waals surface area contributed by atoms with Crippen molar-refractivity contribution >= 4 is 77.8 Å². The van der Waals surface area contributed by atoms with Crippen LogP contribution in [0.5, 0.6) is 0 Å². The standard InChI is InChI=1S/C55H36N4S/c1-57-49-19-11-21-51-52(49)53(43-17-8-10-20-50(43)60-51)56-55(57)59-48-31-26-38(33-45(48)42-29-24-36-14-5-6-15-40(36)54(42)59)37-25-30-47-44(32-37)41-16-7-9-18-46(41)58(47)39-27-22-35(23-28-39)34-12-3-2-4-13-34/h2-33,49H,1H3. The fourth-order valence-corrected chi connectivity index (χ4v) is 11.1. The van der Waals surface area contributed by atoms with E-state index in [2.05, 4.69) is 215 Å². The molecule has 1 aliphatic carbocycles. The van der Waals surface area contributed by atoms with Crippen molar-refractivity contribution in [2.24, 2.45) is 4.99 Å². The lowest BCUT2D eigenvalue weighted by Crippen LogP contribution is -2.44. The van der Waals surface area contributed by atoms with Gasteiger partial charge in [0, 0.05) is 60.6 Å². The molecule has 0 radical (unpaired) electrons. The van der Waals surface area contributed by atoms with E-state index in [1.807, 2.05) is 11.8 Å². The van der Waals surface area contributed by atoms with Crippen molar-refractivity contribution < 1.29 is 0 Å². The Kier molecular flexibility index (Phi) is 7.19. The summed E-state index contributed by atoms with van der Waals surface area (Å²) >= 11 is 1.85. The molecule has 0 amide bonds. The minimum absolute atomic E-state index is 0.0748. The summed E-state index contributed by atoms with van der Waals surface area (Å²) in [4.78, 5) is 10.5. The third kappa shape index (κ3) is 4.84. The molecule has 0 bridgehead atoms. The molecule has 4 heterocycles. The van der Waals surface area contributed by atoms with E-state index < -0.39 is 0 Å². The number of hydrogen-bond donors (Lipinski definition) is 0. The van der Waals surface area contributed by atoms with Crippen molar-refractivity contribution in [1.82, 2.24) is 14.0 Å². The number of benzene rings is 8. The van der Waals surface area contributed by atoms with Crippen LogP contribution in [0.3, 0.4) is 0 Å². The predicted molar refractivity (Wildman–Crippen MR) is 253 cm³/mol. The van der Waals surface area contributed by atoms with Crippen LogP contribution in [0.2, 0.25) is 0 Å². The number of para-hydroxylation sites is 1. The van der Waals surface area contributed by atoms with E-state index in [1.54, 1.807) is 0 Å². The number of aromatic nitrogens is 2. The minimum atomic E-state index is 0.0748. The highest BCUT2D eigenvalue weighted by atomic mass is 32.2. The first-order chi connectivity index (χ1) is 29.7. The van der Waals surface area contributed by atoms with Crippen LogP contribution in [-0.2, 0) is 0 Å². The van der Waals surface area contributed by atoms with E-state index in [4.69, 9.17) is 4.99 Å². The number of likely N-dealkylation sites (N-methyl/N-ethyl adjacent to an activating group) is 1. The summed E-state index contributed by atoms with van der Waals surface area (Å²) < 4.78 is 4.83. The average molecular weight is 785 g/mol. The van der Waals surface area contributed by atoms with E-state index in [0.29, 0.717) is 0 Å². The summed E-state index contributed by atoms with van der Waals surface area (Å²) in [6.45, 7) is 0. The largest absolute Gasteiger partial charge is 0.334 e. The van der Waals surface area contributed by atoms with Crippen molar-refractivity contribution in [1.29, 1.82) is 0 Å². The van der Waals surface area contributed by atoms with Gasteiger partial charge in [0.15, 0.2) is 0 Å². The Morgan fingerprint density at radius 1 is 0.517 bits per heavy atom. The highest BCUT2D eigenvalue weighted by molar-refractivity contribution is 8.03. The summed E-state index contributed by atoms with van der Waals surface area (Å²) in [6, 6.07) is 64.4. The van der Waals surface area contributed by atoms with Gasteiger partial charge in [-0.25, -0.2) is 4.99 Å². The Morgan fingerprint density at radius 3 is 2.00 bits per heavy atom. The minimum Gasteiger partial charge on any atom is -0.334 e. The van der Waals surface area contributed by atoms with Crippen LogP contribution in [0.15, 0.2) is 215 Å². The molecule has 2 aromatic heterocycles. The van der Waals surface area contributed by atoms with Gasteiger partial charge in [-0.3, -0.25) is 4.57 Å². The zero-order valence-electron chi connectivity index (χ0n) is 32.7. The summed E-state index contributed by atoms with van der Waals surface area (Å²) in [5.74, 6) is 0.932. The number of thioether (sulfide) groups is 1. The second-order valence-corrected chi connectivity index (χ2v) is 17.1. The molecule has 0 N–H and O–H groups in total. The zero-order valence-corrected chi connectivity index (χ0v) is 33.6. The first-order valence-corrected chi connectivity index (χ1v) is 21.4. The number of hydrogen-bond acceptors (Lipinski definition) is 3. The summed E-state index contributed by atoms with van der Waals surface area (Å²) in [5, 5.41) is 7.35. The van der Waals surface area contributed by atoms with Gasteiger partial charge in [-0.15, -0.1) is 0 Å². The Bertz CT molecular complexity index is 3580. The third-order valence-electron chi connectivity index (χ3n) is 12.8. The van der Waals surface area contributed by atoms with Gasteiger partial charge >= 0.3 is 0 Å². The van der Waals surface area contributed by atoms with Crippen molar-refractivity contribution in [2.45, 2.75) is 10.9 Å². The third-order valence-corrected chi connectivity index (χ3v) is 13.9. The Morgan fingerprint density at radius 2 is 1.17 bits per heavy atom. The SMILES string of the molecule is CN1C(n2c3ccc(-c4ccc5c(c4)c4ccccc4n5-c4ccc(-c5ccccc5)cc4)cc3c3ccc4ccccc4c32)=NC2=C3C(=CC=CC31)Sc1ccccc12. The van der Waals surface area contributed by atoms with E-state index in [-0.39, 0.29) is 6.04 Å². The van der Waals surface area contributed by atoms with E-state index in [0.717, 1.165) is 22.9 Å². The van der Waals surface area contributed by atoms with Gasteiger partial charge in [-0.1, -0.05) is 151 Å². The lowest BCUT2D eigenvalue weighted by atomic mass is 9.93. The van der Waals surface area contributed by atoms with Crippen molar-refractivity contribution in [3.63, 3.8) is 0 Å². The van der Waals surface area contributed by atoms with Gasteiger partial charge < -0.3 is 9.47 Å². The zero-order chi connectivity index (χ0) is 39.5. The molecule has 1 atom stereocenters. The number of allylic oxidation sites excluding steroid dienone is 2. The Labute approximate surface area is 351 Å². The van der Waals surface area contributed by atoms with Crippen LogP contribution in [0.4, 0.5) is 0 Å². The lowest BCUT2D eigenvalue weighted by Gasteiger charge is -2.40. The van der Waals surface area contributed by atoms with Gasteiger partial charge in [-0.2, -0.15) is 0 Å². The molecule has 10 aromatic rings. The molecule has 0 saturated carbocycles. The Hall–Kier alpha value is -7.34. The highest BCUT2D eigenvalue weighted by Gasteiger charge is 2.37. The average Bonchev–Trinajstić information content (AvgIpc) is 3.82. The number of fused-ring (bicyclic) bond motifs is 10. The van der Waals surface area contributed by atoms with Gasteiger partial charge in [-0.05, 0) is 82.2 Å². The Balaban J connectivity index is 0.999. The smallest absolute Gasteiger partial charge is 0.211 e. The number of rotatable bonds is 3. The van der Waals surface area contributed by atoms with Gasteiger partial charge in [0.1, 0.15) is 0 Å². The summed E-state index contributed by atoms with van der Waals surface area (Å²) in [7, 11) is 2.20. The molecular weight excluding hydrogens is 749 g/mol. The van der Waals surface area contributed by atoms with Gasteiger partial charge in [0.05, 0.1) is 33.8 Å². The maximum Gasteiger partial charge on any atom is 0.211 e. The fourth-order valence-electron chi connectivity index (χ4n) is 9.93. The quantitative estimate of drug-likeness (QED) is 0.178. The van der Waals surface area contributed by atoms with Crippen LogP contribution >= 0.6 is 11.8 Å². The van der Waals surface area contributed by atoms with Crippen LogP contribution in [0.25, 0.3) is 88.0 Å². The molecule has 13 rings (SSSR count). The van der Waals surface area contributed by atoms with Crippen LogP contribution in [0.1, 0.15) is 5.56 Å². The lowest BCUT2D eigenvalue weighted by molar-refractivity contribution is 0.454. The maximum atomic E-state index is 5.64. The van der Waals surface area contributed by atoms with E-state index in [1.165, 1.54) is 92.1 Å². The normalized spacial score (nSPS) is 15.9. The first kappa shape index (κ1) is 33.6. The molecule has 4 nitrogen and oxygen atoms in total. The molecule has 1 unspecified atom stereocenters. The van der Waals surface area contributed by atoms with Crippen LogP contribution < -0.4 is 0 Å². The van der Waals surface area contributed by atoms with E-state index in [9.17, 15) is 0 Å². The molecule has 3 aliphatic rings.